The van der Waals surface area contributed by atoms with Gasteiger partial charge < -0.3 is 14.4 Å². The zero-order chi connectivity index (χ0) is 16.3. The van der Waals surface area contributed by atoms with E-state index in [9.17, 15) is 4.79 Å². The normalized spacial score (nSPS) is 19.7. The minimum absolute atomic E-state index is 0.250. The number of rotatable bonds is 1. The maximum atomic E-state index is 12.3. The topological polar surface area (TPSA) is 38.8 Å². The number of carbonyl (C=O) groups is 1. The van der Waals surface area contributed by atoms with Gasteiger partial charge in [0.05, 0.1) is 6.54 Å². The molecule has 122 valence electrons. The third kappa shape index (κ3) is 4.86. The van der Waals surface area contributed by atoms with Crippen molar-refractivity contribution in [2.45, 2.75) is 38.9 Å². The summed E-state index contributed by atoms with van der Waals surface area (Å²) < 4.78 is 12.3. The zero-order valence-electron chi connectivity index (χ0n) is 13.1. The molecule has 2 rings (SSSR count). The summed E-state index contributed by atoms with van der Waals surface area (Å²) in [7, 11) is 0. The Morgan fingerprint density at radius 2 is 2.18 bits per heavy atom. The predicted octanol–water partition coefficient (Wildman–Crippen LogP) is 4.80. The lowest BCUT2D eigenvalue weighted by Gasteiger charge is -2.28. The van der Waals surface area contributed by atoms with Crippen molar-refractivity contribution in [3.63, 3.8) is 0 Å². The van der Waals surface area contributed by atoms with E-state index in [1.165, 1.54) is 0 Å². The number of carbonyl (C=O) groups excluding carboxylic acids is 1. The standard InChI is InChI=1S/C16H21BrClNO3/c1-16(2,3)22-15(20)19-7-4-8-21-14(10-19)12-9-11(17)5-6-13(12)18/h5-6,9,14H,4,7-8,10H2,1-3H3. The summed E-state index contributed by atoms with van der Waals surface area (Å²) in [4.78, 5) is 14.0. The van der Waals surface area contributed by atoms with Crippen molar-refractivity contribution in [3.05, 3.63) is 33.3 Å². The van der Waals surface area contributed by atoms with Crippen molar-refractivity contribution < 1.29 is 14.3 Å². The molecule has 0 aromatic heterocycles. The summed E-state index contributed by atoms with van der Waals surface area (Å²) in [6, 6.07) is 5.65. The largest absolute Gasteiger partial charge is 0.444 e. The second kappa shape index (κ2) is 7.20. The average Bonchev–Trinajstić information content (AvgIpc) is 2.65. The summed E-state index contributed by atoms with van der Waals surface area (Å²) in [6.07, 6.45) is 0.218. The van der Waals surface area contributed by atoms with Crippen molar-refractivity contribution >= 4 is 33.6 Å². The van der Waals surface area contributed by atoms with Crippen LogP contribution in [0.25, 0.3) is 0 Å². The molecule has 1 amide bonds. The molecule has 1 aromatic rings. The van der Waals surface area contributed by atoms with E-state index in [0.717, 1.165) is 16.5 Å². The van der Waals surface area contributed by atoms with Crippen molar-refractivity contribution in [2.24, 2.45) is 0 Å². The minimum Gasteiger partial charge on any atom is -0.444 e. The van der Waals surface area contributed by atoms with E-state index in [0.29, 0.717) is 24.7 Å². The number of halogens is 2. The lowest BCUT2D eigenvalue weighted by Crippen LogP contribution is -2.38. The molecule has 6 heteroatoms. The number of hydrogen-bond donors (Lipinski definition) is 0. The molecule has 0 N–H and O–H groups in total. The third-order valence-corrected chi connectivity index (χ3v) is 4.07. The molecule has 0 aliphatic carbocycles. The van der Waals surface area contributed by atoms with Crippen molar-refractivity contribution in [2.75, 3.05) is 19.7 Å². The molecule has 4 nitrogen and oxygen atoms in total. The van der Waals surface area contributed by atoms with Crippen LogP contribution < -0.4 is 0 Å². The van der Waals surface area contributed by atoms with Crippen LogP contribution in [0.15, 0.2) is 22.7 Å². The molecular formula is C16H21BrClNO3. The second-order valence-electron chi connectivity index (χ2n) is 6.31. The monoisotopic (exact) mass is 389 g/mol. The Morgan fingerprint density at radius 3 is 2.86 bits per heavy atom. The highest BCUT2D eigenvalue weighted by Crippen LogP contribution is 2.31. The summed E-state index contributed by atoms with van der Waals surface area (Å²) in [5.41, 5.74) is 0.374. The molecule has 1 aliphatic rings. The number of benzene rings is 1. The van der Waals surface area contributed by atoms with Crippen LogP contribution in [0, 0.1) is 0 Å². The van der Waals surface area contributed by atoms with E-state index in [-0.39, 0.29) is 12.2 Å². The molecule has 22 heavy (non-hydrogen) atoms. The van der Waals surface area contributed by atoms with E-state index in [2.05, 4.69) is 15.9 Å². The fraction of sp³-hybridized carbons (Fsp3) is 0.562. The Labute approximate surface area is 144 Å². The van der Waals surface area contributed by atoms with Gasteiger partial charge in [0, 0.05) is 28.2 Å². The van der Waals surface area contributed by atoms with Gasteiger partial charge in [-0.3, -0.25) is 0 Å². The van der Waals surface area contributed by atoms with Crippen LogP contribution in [-0.4, -0.2) is 36.3 Å². The Bertz CT molecular complexity index is 545. The Hall–Kier alpha value is -0.780. The molecule has 1 fully saturated rings. The summed E-state index contributed by atoms with van der Waals surface area (Å²) in [6.45, 7) is 7.24. The predicted molar refractivity (Wildman–Crippen MR) is 90.3 cm³/mol. The highest BCUT2D eigenvalue weighted by atomic mass is 79.9. The van der Waals surface area contributed by atoms with Gasteiger partial charge in [0.15, 0.2) is 0 Å². The molecule has 1 aliphatic heterocycles. The van der Waals surface area contributed by atoms with Crippen LogP contribution in [0.5, 0.6) is 0 Å². The summed E-state index contributed by atoms with van der Waals surface area (Å²) >= 11 is 9.73. The van der Waals surface area contributed by atoms with Gasteiger partial charge in [-0.05, 0) is 45.4 Å². The Balaban J connectivity index is 2.16. The molecule has 1 saturated heterocycles. The van der Waals surface area contributed by atoms with Gasteiger partial charge in [-0.15, -0.1) is 0 Å². The van der Waals surface area contributed by atoms with Gasteiger partial charge in [-0.25, -0.2) is 4.79 Å². The van der Waals surface area contributed by atoms with Crippen LogP contribution in [0.3, 0.4) is 0 Å². The number of nitrogens with zero attached hydrogens (tertiary/aromatic N) is 1. The first-order valence-corrected chi connectivity index (χ1v) is 8.48. The van der Waals surface area contributed by atoms with Crippen molar-refractivity contribution in [3.8, 4) is 0 Å². The van der Waals surface area contributed by atoms with Gasteiger partial charge in [0.1, 0.15) is 11.7 Å². The Morgan fingerprint density at radius 1 is 1.45 bits per heavy atom. The lowest BCUT2D eigenvalue weighted by atomic mass is 10.1. The molecular weight excluding hydrogens is 370 g/mol. The van der Waals surface area contributed by atoms with Crippen LogP contribution in [0.2, 0.25) is 5.02 Å². The average molecular weight is 391 g/mol. The molecule has 1 atom stereocenters. The number of hydrogen-bond acceptors (Lipinski definition) is 3. The van der Waals surface area contributed by atoms with E-state index in [1.807, 2.05) is 39.0 Å². The summed E-state index contributed by atoms with van der Waals surface area (Å²) in [5.74, 6) is 0. The summed E-state index contributed by atoms with van der Waals surface area (Å²) in [5, 5.41) is 0.638. The molecule has 0 bridgehead atoms. The van der Waals surface area contributed by atoms with E-state index >= 15 is 0 Å². The van der Waals surface area contributed by atoms with Crippen LogP contribution in [-0.2, 0) is 9.47 Å². The van der Waals surface area contributed by atoms with Gasteiger partial charge in [0.2, 0.25) is 0 Å². The third-order valence-electron chi connectivity index (χ3n) is 3.23. The SMILES string of the molecule is CC(C)(C)OC(=O)N1CCCOC(c2cc(Br)ccc2Cl)C1. The van der Waals surface area contributed by atoms with E-state index < -0.39 is 5.60 Å². The van der Waals surface area contributed by atoms with Crippen LogP contribution in [0.1, 0.15) is 38.9 Å². The lowest BCUT2D eigenvalue weighted by molar-refractivity contribution is 0.0140. The fourth-order valence-corrected chi connectivity index (χ4v) is 2.88. The van der Waals surface area contributed by atoms with Gasteiger partial charge in [-0.2, -0.15) is 0 Å². The zero-order valence-corrected chi connectivity index (χ0v) is 15.4. The quantitative estimate of drug-likeness (QED) is 0.691. The van der Waals surface area contributed by atoms with Gasteiger partial charge in [-0.1, -0.05) is 27.5 Å². The van der Waals surface area contributed by atoms with Crippen molar-refractivity contribution in [1.82, 2.24) is 4.90 Å². The van der Waals surface area contributed by atoms with Crippen LogP contribution in [0.4, 0.5) is 4.79 Å². The van der Waals surface area contributed by atoms with Gasteiger partial charge >= 0.3 is 6.09 Å². The first kappa shape index (κ1) is 17.6. The molecule has 0 saturated carbocycles. The van der Waals surface area contributed by atoms with E-state index in [1.54, 1.807) is 4.90 Å². The Kier molecular flexibility index (Phi) is 5.75. The van der Waals surface area contributed by atoms with Gasteiger partial charge in [0.25, 0.3) is 0 Å². The molecule has 0 spiro atoms. The number of amides is 1. The first-order valence-electron chi connectivity index (χ1n) is 7.31. The molecule has 1 aromatic carbocycles. The van der Waals surface area contributed by atoms with Crippen LogP contribution >= 0.6 is 27.5 Å². The highest BCUT2D eigenvalue weighted by Gasteiger charge is 2.28. The smallest absolute Gasteiger partial charge is 0.410 e. The number of ether oxygens (including phenoxy) is 2. The maximum absolute atomic E-state index is 12.3. The second-order valence-corrected chi connectivity index (χ2v) is 7.63. The first-order chi connectivity index (χ1) is 10.3. The minimum atomic E-state index is -0.507. The maximum Gasteiger partial charge on any atom is 0.410 e. The van der Waals surface area contributed by atoms with Crippen molar-refractivity contribution in [1.29, 1.82) is 0 Å². The molecule has 1 heterocycles. The fourth-order valence-electron chi connectivity index (χ4n) is 2.27. The molecule has 0 radical (unpaired) electrons. The van der Waals surface area contributed by atoms with E-state index in [4.69, 9.17) is 21.1 Å². The highest BCUT2D eigenvalue weighted by molar-refractivity contribution is 9.10. The molecule has 1 unspecified atom stereocenters.